The number of carbonyl (C=O) groups is 1. The van der Waals surface area contributed by atoms with Crippen molar-refractivity contribution in [3.63, 3.8) is 0 Å². The predicted octanol–water partition coefficient (Wildman–Crippen LogP) is 3.47. The van der Waals surface area contributed by atoms with Crippen molar-refractivity contribution >= 4 is 22.7 Å². The molecular formula is C22H19FN4O3. The van der Waals surface area contributed by atoms with Gasteiger partial charge < -0.3 is 9.42 Å². The number of amides is 1. The summed E-state index contributed by atoms with van der Waals surface area (Å²) in [5.41, 5.74) is 3.32. The van der Waals surface area contributed by atoms with E-state index in [1.54, 1.807) is 7.05 Å². The number of nitrogens with zero attached hydrogens (tertiary/aromatic N) is 4. The number of carbonyl (C=O) groups excluding carboxylic acids is 1. The number of hydrogen-bond acceptors (Lipinski definition) is 5. The Balaban J connectivity index is 1.67. The Morgan fingerprint density at radius 2 is 1.87 bits per heavy atom. The van der Waals surface area contributed by atoms with Gasteiger partial charge in [-0.25, -0.2) is 9.37 Å². The van der Waals surface area contributed by atoms with Crippen molar-refractivity contribution in [3.05, 3.63) is 76.1 Å². The molecule has 0 radical (unpaired) electrons. The second-order valence-electron chi connectivity index (χ2n) is 7.12. The van der Waals surface area contributed by atoms with E-state index in [1.165, 1.54) is 40.1 Å². The number of fused-ring (bicyclic) bond motifs is 1. The first-order valence-corrected chi connectivity index (χ1v) is 9.29. The van der Waals surface area contributed by atoms with Crippen LogP contribution in [0.1, 0.15) is 11.1 Å². The predicted molar refractivity (Wildman–Crippen MR) is 111 cm³/mol. The van der Waals surface area contributed by atoms with Crippen LogP contribution in [-0.2, 0) is 11.3 Å². The van der Waals surface area contributed by atoms with E-state index in [2.05, 4.69) is 10.1 Å². The van der Waals surface area contributed by atoms with Gasteiger partial charge in [0.2, 0.25) is 5.91 Å². The lowest BCUT2D eigenvalue weighted by atomic mass is 10.1. The molecular weight excluding hydrogens is 387 g/mol. The smallest absolute Gasteiger partial charge is 0.267 e. The van der Waals surface area contributed by atoms with Gasteiger partial charge in [0, 0.05) is 18.3 Å². The first-order chi connectivity index (χ1) is 14.3. The van der Waals surface area contributed by atoms with Crippen LogP contribution in [0.2, 0.25) is 0 Å². The third-order valence-electron chi connectivity index (χ3n) is 5.14. The van der Waals surface area contributed by atoms with E-state index < -0.39 is 11.4 Å². The summed E-state index contributed by atoms with van der Waals surface area (Å²) in [6.07, 6.45) is 1.26. The summed E-state index contributed by atoms with van der Waals surface area (Å²) in [7, 11) is 1.66. The van der Waals surface area contributed by atoms with Crippen molar-refractivity contribution in [2.24, 2.45) is 0 Å². The van der Waals surface area contributed by atoms with Crippen LogP contribution in [0.5, 0.6) is 0 Å². The summed E-state index contributed by atoms with van der Waals surface area (Å²) in [4.78, 5) is 31.4. The van der Waals surface area contributed by atoms with Gasteiger partial charge in [0.15, 0.2) is 0 Å². The van der Waals surface area contributed by atoms with E-state index in [4.69, 9.17) is 4.52 Å². The molecule has 0 bridgehead atoms. The summed E-state index contributed by atoms with van der Waals surface area (Å²) in [5.74, 6) is -0.677. The molecule has 0 unspecified atom stereocenters. The summed E-state index contributed by atoms with van der Waals surface area (Å²) in [6.45, 7) is 3.78. The molecule has 7 nitrogen and oxygen atoms in total. The van der Waals surface area contributed by atoms with E-state index in [0.29, 0.717) is 5.56 Å². The molecule has 0 fully saturated rings. The van der Waals surface area contributed by atoms with Crippen LogP contribution in [0.25, 0.3) is 22.4 Å². The first-order valence-electron chi connectivity index (χ1n) is 9.29. The van der Waals surface area contributed by atoms with Crippen LogP contribution in [-0.4, -0.2) is 27.7 Å². The Labute approximate surface area is 171 Å². The summed E-state index contributed by atoms with van der Waals surface area (Å²) < 4.78 is 19.6. The molecule has 0 saturated carbocycles. The molecule has 2 aromatic heterocycles. The second kappa shape index (κ2) is 7.55. The molecule has 4 aromatic rings. The Bertz CT molecular complexity index is 1310. The van der Waals surface area contributed by atoms with Crippen molar-refractivity contribution < 1.29 is 13.7 Å². The van der Waals surface area contributed by atoms with Gasteiger partial charge in [-0.1, -0.05) is 11.2 Å². The fourth-order valence-corrected chi connectivity index (χ4v) is 3.13. The molecule has 2 aromatic carbocycles. The summed E-state index contributed by atoms with van der Waals surface area (Å²) in [6, 6.07) is 11.3. The summed E-state index contributed by atoms with van der Waals surface area (Å²) in [5, 5.41) is 4.05. The first kappa shape index (κ1) is 19.5. The van der Waals surface area contributed by atoms with Gasteiger partial charge in [-0.05, 0) is 61.4 Å². The van der Waals surface area contributed by atoms with E-state index in [1.807, 2.05) is 32.0 Å². The standard InChI is InChI=1S/C22H19FN4O3/c1-13-4-9-17(10-14(13)2)26(3)18(28)11-27-12-24-21-19(22(27)29)20(25-30-21)15-5-7-16(23)8-6-15/h4-10,12H,11H2,1-3H3. The molecule has 0 N–H and O–H groups in total. The van der Waals surface area contributed by atoms with Gasteiger partial charge >= 0.3 is 0 Å². The van der Waals surface area contributed by atoms with Crippen molar-refractivity contribution in [2.45, 2.75) is 20.4 Å². The lowest BCUT2D eigenvalue weighted by molar-refractivity contribution is -0.118. The maximum Gasteiger partial charge on any atom is 0.267 e. The van der Waals surface area contributed by atoms with Crippen LogP contribution >= 0.6 is 0 Å². The Morgan fingerprint density at radius 1 is 1.13 bits per heavy atom. The van der Waals surface area contributed by atoms with Crippen LogP contribution < -0.4 is 10.5 Å². The van der Waals surface area contributed by atoms with Crippen LogP contribution in [0.3, 0.4) is 0 Å². The molecule has 8 heteroatoms. The normalized spacial score (nSPS) is 11.1. The number of aromatic nitrogens is 3. The minimum Gasteiger partial charge on any atom is -0.335 e. The molecule has 0 aliphatic heterocycles. The number of halogens is 1. The number of rotatable bonds is 4. The van der Waals surface area contributed by atoms with Crippen molar-refractivity contribution in [3.8, 4) is 11.3 Å². The van der Waals surface area contributed by atoms with Gasteiger partial charge in [0.1, 0.15) is 29.8 Å². The maximum absolute atomic E-state index is 13.2. The van der Waals surface area contributed by atoms with Crippen LogP contribution in [0.4, 0.5) is 10.1 Å². The molecule has 0 spiro atoms. The fourth-order valence-electron chi connectivity index (χ4n) is 3.13. The zero-order valence-corrected chi connectivity index (χ0v) is 16.7. The highest BCUT2D eigenvalue weighted by atomic mass is 19.1. The van der Waals surface area contributed by atoms with E-state index in [0.717, 1.165) is 16.8 Å². The number of hydrogen-bond donors (Lipinski definition) is 0. The molecule has 0 atom stereocenters. The summed E-state index contributed by atoms with van der Waals surface area (Å²) >= 11 is 0. The highest BCUT2D eigenvalue weighted by Gasteiger charge is 2.19. The average molecular weight is 406 g/mol. The molecule has 0 aliphatic carbocycles. The number of likely N-dealkylation sites (N-methyl/N-ethyl adjacent to an activating group) is 1. The third-order valence-corrected chi connectivity index (χ3v) is 5.14. The monoisotopic (exact) mass is 406 g/mol. The van der Waals surface area contributed by atoms with Crippen LogP contribution in [0.15, 0.2) is 58.1 Å². The maximum atomic E-state index is 13.2. The third kappa shape index (κ3) is 3.47. The molecule has 30 heavy (non-hydrogen) atoms. The molecule has 0 aliphatic rings. The van der Waals surface area contributed by atoms with E-state index >= 15 is 0 Å². The van der Waals surface area contributed by atoms with Gasteiger partial charge in [0.25, 0.3) is 11.3 Å². The quantitative estimate of drug-likeness (QED) is 0.518. The molecule has 2 heterocycles. The Morgan fingerprint density at radius 3 is 2.57 bits per heavy atom. The Kier molecular flexibility index (Phi) is 4.91. The van der Waals surface area contributed by atoms with Gasteiger partial charge in [-0.2, -0.15) is 0 Å². The largest absolute Gasteiger partial charge is 0.335 e. The average Bonchev–Trinajstić information content (AvgIpc) is 3.17. The molecule has 152 valence electrons. The second-order valence-corrected chi connectivity index (χ2v) is 7.12. The molecule has 0 saturated heterocycles. The lowest BCUT2D eigenvalue weighted by Crippen LogP contribution is -2.34. The minimum atomic E-state index is -0.456. The van der Waals surface area contributed by atoms with Gasteiger partial charge in [-0.15, -0.1) is 0 Å². The Hall–Kier alpha value is -3.81. The van der Waals surface area contributed by atoms with E-state index in [-0.39, 0.29) is 29.2 Å². The zero-order valence-electron chi connectivity index (χ0n) is 16.7. The zero-order chi connectivity index (χ0) is 21.4. The number of benzene rings is 2. The molecule has 1 amide bonds. The van der Waals surface area contributed by atoms with Gasteiger partial charge in [-0.3, -0.25) is 14.2 Å². The van der Waals surface area contributed by atoms with Crippen molar-refractivity contribution in [1.29, 1.82) is 0 Å². The lowest BCUT2D eigenvalue weighted by Gasteiger charge is -2.19. The van der Waals surface area contributed by atoms with E-state index in [9.17, 15) is 14.0 Å². The number of aryl methyl sites for hydroxylation is 2. The van der Waals surface area contributed by atoms with Gasteiger partial charge in [0.05, 0.1) is 0 Å². The van der Waals surface area contributed by atoms with Crippen molar-refractivity contribution in [2.75, 3.05) is 11.9 Å². The minimum absolute atomic E-state index is 0.0607. The highest BCUT2D eigenvalue weighted by Crippen LogP contribution is 2.24. The van der Waals surface area contributed by atoms with Crippen LogP contribution in [0, 0.1) is 19.7 Å². The highest BCUT2D eigenvalue weighted by molar-refractivity contribution is 5.93. The SMILES string of the molecule is Cc1ccc(N(C)C(=O)Cn2cnc3onc(-c4ccc(F)cc4)c3c2=O)cc1C. The molecule has 4 rings (SSSR count). The topological polar surface area (TPSA) is 81.2 Å². The van der Waals surface area contributed by atoms with Crippen molar-refractivity contribution in [1.82, 2.24) is 14.7 Å². The fraction of sp³-hybridized carbons (Fsp3) is 0.182. The number of anilines is 1.